The largest absolute Gasteiger partial charge is 0.309 e. The van der Waals surface area contributed by atoms with Crippen molar-refractivity contribution in [2.75, 3.05) is 0 Å². The second kappa shape index (κ2) is 12.9. The van der Waals surface area contributed by atoms with Gasteiger partial charge in [-0.25, -0.2) is 15.0 Å². The van der Waals surface area contributed by atoms with Gasteiger partial charge in [0.15, 0.2) is 17.5 Å². The van der Waals surface area contributed by atoms with Gasteiger partial charge >= 0.3 is 0 Å². The Morgan fingerprint density at radius 1 is 0.302 bits per heavy atom. The van der Waals surface area contributed by atoms with Crippen molar-refractivity contribution in [2.24, 2.45) is 0 Å². The predicted octanol–water partition coefficient (Wildman–Crippen LogP) is 12.5. The Balaban J connectivity index is 1.10. The van der Waals surface area contributed by atoms with Crippen molar-refractivity contribution in [1.82, 2.24) is 19.5 Å². The van der Waals surface area contributed by atoms with Crippen molar-refractivity contribution >= 4 is 32.6 Å². The first-order chi connectivity index (χ1) is 26.3. The zero-order valence-corrected chi connectivity index (χ0v) is 28.8. The number of aromatic nitrogens is 4. The highest BCUT2D eigenvalue weighted by Gasteiger charge is 2.16. The molecule has 0 saturated heterocycles. The first-order valence-electron chi connectivity index (χ1n) is 17.9. The molecule has 248 valence electrons. The van der Waals surface area contributed by atoms with Gasteiger partial charge in [-0.15, -0.1) is 0 Å². The van der Waals surface area contributed by atoms with Crippen LogP contribution < -0.4 is 0 Å². The molecule has 0 amide bonds. The molecule has 0 bridgehead atoms. The highest BCUT2D eigenvalue weighted by atomic mass is 15.0. The molecule has 0 fully saturated rings. The van der Waals surface area contributed by atoms with Crippen LogP contribution in [-0.2, 0) is 0 Å². The average Bonchev–Trinajstić information content (AvgIpc) is 3.58. The monoisotopic (exact) mass is 676 g/mol. The molecule has 10 aromatic rings. The van der Waals surface area contributed by atoms with E-state index in [4.69, 9.17) is 15.0 Å². The zero-order chi connectivity index (χ0) is 35.1. The molecule has 2 heterocycles. The molecule has 0 unspecified atom stereocenters. The summed E-state index contributed by atoms with van der Waals surface area (Å²) in [5, 5.41) is 4.96. The van der Waals surface area contributed by atoms with Crippen LogP contribution in [0.1, 0.15) is 0 Å². The Kier molecular flexibility index (Phi) is 7.43. The summed E-state index contributed by atoms with van der Waals surface area (Å²) in [6, 6.07) is 68.3. The molecule has 0 N–H and O–H groups in total. The molecule has 0 atom stereocenters. The van der Waals surface area contributed by atoms with E-state index < -0.39 is 0 Å². The molecular weight excluding hydrogens is 645 g/mol. The fourth-order valence-corrected chi connectivity index (χ4v) is 7.49. The summed E-state index contributed by atoms with van der Waals surface area (Å²) in [6.45, 7) is 0. The van der Waals surface area contributed by atoms with E-state index in [9.17, 15) is 0 Å². The quantitative estimate of drug-likeness (QED) is 0.176. The molecule has 0 radical (unpaired) electrons. The van der Waals surface area contributed by atoms with Crippen molar-refractivity contribution < 1.29 is 0 Å². The van der Waals surface area contributed by atoms with Crippen molar-refractivity contribution in [3.05, 3.63) is 194 Å². The number of hydrogen-bond donors (Lipinski definition) is 0. The van der Waals surface area contributed by atoms with Crippen LogP contribution in [0.3, 0.4) is 0 Å². The summed E-state index contributed by atoms with van der Waals surface area (Å²) >= 11 is 0. The van der Waals surface area contributed by atoms with E-state index in [1.807, 2.05) is 60.7 Å². The summed E-state index contributed by atoms with van der Waals surface area (Å²) < 4.78 is 2.40. The summed E-state index contributed by atoms with van der Waals surface area (Å²) in [4.78, 5) is 14.9. The molecule has 10 rings (SSSR count). The summed E-state index contributed by atoms with van der Waals surface area (Å²) in [7, 11) is 0. The molecule has 2 aromatic heterocycles. The van der Waals surface area contributed by atoms with Crippen molar-refractivity contribution in [1.29, 1.82) is 0 Å². The molecular formula is C49H32N4. The lowest BCUT2D eigenvalue weighted by Gasteiger charge is -2.13. The van der Waals surface area contributed by atoms with E-state index in [1.165, 1.54) is 43.7 Å². The molecule has 8 aromatic carbocycles. The molecule has 4 heteroatoms. The van der Waals surface area contributed by atoms with Crippen LogP contribution in [-0.4, -0.2) is 19.5 Å². The van der Waals surface area contributed by atoms with Gasteiger partial charge in [-0.2, -0.15) is 0 Å². The first kappa shape index (κ1) is 30.6. The number of benzene rings is 8. The van der Waals surface area contributed by atoms with Crippen LogP contribution in [0.4, 0.5) is 0 Å². The fourth-order valence-electron chi connectivity index (χ4n) is 7.49. The van der Waals surface area contributed by atoms with E-state index in [2.05, 4.69) is 138 Å². The second-order valence-corrected chi connectivity index (χ2v) is 13.3. The van der Waals surface area contributed by atoms with E-state index in [1.54, 1.807) is 0 Å². The highest BCUT2D eigenvalue weighted by Crippen LogP contribution is 2.38. The van der Waals surface area contributed by atoms with Gasteiger partial charge in [0.1, 0.15) is 0 Å². The predicted molar refractivity (Wildman–Crippen MR) is 219 cm³/mol. The van der Waals surface area contributed by atoms with Crippen molar-refractivity contribution in [3.63, 3.8) is 0 Å². The van der Waals surface area contributed by atoms with Gasteiger partial charge in [0.2, 0.25) is 0 Å². The minimum atomic E-state index is 0.638. The molecule has 53 heavy (non-hydrogen) atoms. The van der Waals surface area contributed by atoms with Crippen LogP contribution in [0.5, 0.6) is 0 Å². The Hall–Kier alpha value is -7.17. The van der Waals surface area contributed by atoms with Gasteiger partial charge in [0.05, 0.1) is 11.0 Å². The Bertz CT molecular complexity index is 2880. The lowest BCUT2D eigenvalue weighted by atomic mass is 9.97. The smallest absolute Gasteiger partial charge is 0.164 e. The maximum absolute atomic E-state index is 4.99. The SMILES string of the molecule is c1ccc(-c2nc(-c3ccccc3)nc(-c3cccc(-c4cccc(-n5c6ccccc6c6ccc(-c7cccc8ccccc78)cc65)c4)c3)n2)cc1. The number of para-hydroxylation sites is 1. The molecule has 0 aliphatic heterocycles. The highest BCUT2D eigenvalue weighted by molar-refractivity contribution is 6.11. The van der Waals surface area contributed by atoms with Gasteiger partial charge in [-0.05, 0) is 63.4 Å². The number of fused-ring (bicyclic) bond motifs is 4. The van der Waals surface area contributed by atoms with E-state index >= 15 is 0 Å². The lowest BCUT2D eigenvalue weighted by Crippen LogP contribution is -2.00. The van der Waals surface area contributed by atoms with Crippen LogP contribution >= 0.6 is 0 Å². The van der Waals surface area contributed by atoms with E-state index in [0.29, 0.717) is 17.5 Å². The van der Waals surface area contributed by atoms with Crippen LogP contribution in [0, 0.1) is 0 Å². The molecule has 0 aliphatic rings. The average molecular weight is 677 g/mol. The third-order valence-corrected chi connectivity index (χ3v) is 10.0. The maximum Gasteiger partial charge on any atom is 0.164 e. The van der Waals surface area contributed by atoms with Gasteiger partial charge in [-0.1, -0.05) is 164 Å². The maximum atomic E-state index is 4.99. The van der Waals surface area contributed by atoms with Gasteiger partial charge in [0, 0.05) is 33.2 Å². The second-order valence-electron chi connectivity index (χ2n) is 13.3. The van der Waals surface area contributed by atoms with Gasteiger partial charge in [0.25, 0.3) is 0 Å². The summed E-state index contributed by atoms with van der Waals surface area (Å²) in [5.74, 6) is 1.94. The minimum absolute atomic E-state index is 0.638. The number of rotatable bonds is 6. The standard InChI is InChI=1S/C49H32N4/c1-3-15-34(16-4-1)47-50-48(35-17-5-2-6-18-35)52-49(51-47)39-22-11-20-36(30-39)37-21-12-23-40(31-37)53-45-27-10-9-25-43(45)44-29-28-38(32-46(44)53)42-26-13-19-33-14-7-8-24-41(33)42/h1-32H. The van der Waals surface area contributed by atoms with Crippen LogP contribution in [0.15, 0.2) is 194 Å². The molecule has 4 nitrogen and oxygen atoms in total. The van der Waals surface area contributed by atoms with Crippen molar-refractivity contribution in [3.8, 4) is 62.1 Å². The topological polar surface area (TPSA) is 43.6 Å². The third-order valence-electron chi connectivity index (χ3n) is 10.0. The number of hydrogen-bond acceptors (Lipinski definition) is 3. The van der Waals surface area contributed by atoms with Gasteiger partial charge < -0.3 is 4.57 Å². The lowest BCUT2D eigenvalue weighted by molar-refractivity contribution is 1.07. The first-order valence-corrected chi connectivity index (χ1v) is 17.9. The number of nitrogens with zero attached hydrogens (tertiary/aromatic N) is 4. The Morgan fingerprint density at radius 3 is 1.58 bits per heavy atom. The normalized spacial score (nSPS) is 11.4. The van der Waals surface area contributed by atoms with E-state index in [0.717, 1.165) is 33.5 Å². The third kappa shape index (κ3) is 5.54. The summed E-state index contributed by atoms with van der Waals surface area (Å²) in [6.07, 6.45) is 0. The summed E-state index contributed by atoms with van der Waals surface area (Å²) in [5.41, 5.74) is 10.9. The molecule has 0 spiro atoms. The molecule has 0 aliphatic carbocycles. The van der Waals surface area contributed by atoms with Gasteiger partial charge in [-0.3, -0.25) is 0 Å². The van der Waals surface area contributed by atoms with Crippen LogP contribution in [0.2, 0.25) is 0 Å². The Morgan fingerprint density at radius 2 is 0.830 bits per heavy atom. The van der Waals surface area contributed by atoms with Crippen molar-refractivity contribution in [2.45, 2.75) is 0 Å². The van der Waals surface area contributed by atoms with E-state index in [-0.39, 0.29) is 0 Å². The molecule has 0 saturated carbocycles. The fraction of sp³-hybridized carbons (Fsp3) is 0. The van der Waals surface area contributed by atoms with Crippen LogP contribution in [0.25, 0.3) is 94.7 Å². The minimum Gasteiger partial charge on any atom is -0.309 e. The Labute approximate surface area is 307 Å². The zero-order valence-electron chi connectivity index (χ0n) is 28.8.